The summed E-state index contributed by atoms with van der Waals surface area (Å²) in [6.45, 7) is 2.80. The van der Waals surface area contributed by atoms with Gasteiger partial charge in [0.2, 0.25) is 17.6 Å². The first kappa shape index (κ1) is 18.7. The number of para-hydroxylation sites is 1. The molecule has 1 aliphatic heterocycles. The van der Waals surface area contributed by atoms with E-state index in [0.717, 1.165) is 18.7 Å². The van der Waals surface area contributed by atoms with Gasteiger partial charge in [-0.05, 0) is 35.9 Å². The highest BCUT2D eigenvalue weighted by atomic mass is 32.1. The normalized spacial score (nSPS) is 13.8. The van der Waals surface area contributed by atoms with Crippen molar-refractivity contribution in [2.24, 2.45) is 0 Å². The number of aromatic nitrogens is 2. The number of carbonyl (C=O) groups excluding carboxylic acids is 1. The molecule has 0 atom stereocenters. The van der Waals surface area contributed by atoms with Gasteiger partial charge in [0.05, 0.1) is 0 Å². The minimum atomic E-state index is 0.0755. The second-order valence-corrected chi connectivity index (χ2v) is 7.88. The van der Waals surface area contributed by atoms with Crippen LogP contribution in [0.2, 0.25) is 0 Å². The molecule has 1 fully saturated rings. The molecule has 0 saturated carbocycles. The Hall–Kier alpha value is -2.67. The molecule has 4 rings (SSSR count). The van der Waals surface area contributed by atoms with E-state index >= 15 is 0 Å². The van der Waals surface area contributed by atoms with Crippen LogP contribution in [0.25, 0.3) is 11.4 Å². The van der Waals surface area contributed by atoms with E-state index in [1.807, 2.05) is 29.9 Å². The van der Waals surface area contributed by atoms with Gasteiger partial charge in [0.1, 0.15) is 0 Å². The van der Waals surface area contributed by atoms with Gasteiger partial charge < -0.3 is 14.3 Å². The smallest absolute Gasteiger partial charge is 0.227 e. The zero-order valence-electron chi connectivity index (χ0n) is 16.0. The Bertz CT molecular complexity index is 916. The molecule has 0 N–H and O–H groups in total. The number of benzene rings is 1. The van der Waals surface area contributed by atoms with Gasteiger partial charge >= 0.3 is 0 Å². The fraction of sp³-hybridized carbons (Fsp3) is 0.381. The number of hydrogen-bond donors (Lipinski definition) is 0. The van der Waals surface area contributed by atoms with Gasteiger partial charge in [0.25, 0.3) is 0 Å². The number of hydrogen-bond acceptors (Lipinski definition) is 6. The molecular formula is C21H24N4O2S. The fourth-order valence-electron chi connectivity index (χ4n) is 3.52. The minimum Gasteiger partial charge on any atom is -0.371 e. The summed E-state index contributed by atoms with van der Waals surface area (Å²) >= 11 is 1.59. The van der Waals surface area contributed by atoms with E-state index in [9.17, 15) is 4.79 Å². The van der Waals surface area contributed by atoms with Crippen LogP contribution in [0.15, 0.2) is 45.6 Å². The van der Waals surface area contributed by atoms with E-state index in [0.29, 0.717) is 31.1 Å². The van der Waals surface area contributed by atoms with E-state index in [2.05, 4.69) is 33.2 Å². The van der Waals surface area contributed by atoms with Gasteiger partial charge in [0, 0.05) is 56.2 Å². The van der Waals surface area contributed by atoms with Gasteiger partial charge in [-0.25, -0.2) is 0 Å². The van der Waals surface area contributed by atoms with Crippen LogP contribution < -0.4 is 4.90 Å². The maximum absolute atomic E-state index is 12.6. The van der Waals surface area contributed by atoms with Crippen molar-refractivity contribution in [2.75, 3.05) is 25.0 Å². The van der Waals surface area contributed by atoms with Crippen molar-refractivity contribution in [3.05, 3.63) is 52.5 Å². The Labute approximate surface area is 168 Å². The molecule has 0 spiro atoms. The van der Waals surface area contributed by atoms with E-state index in [4.69, 9.17) is 4.52 Å². The molecule has 0 radical (unpaired) electrons. The number of rotatable bonds is 7. The molecule has 1 amide bonds. The maximum Gasteiger partial charge on any atom is 0.227 e. The Morgan fingerprint density at radius 3 is 2.86 bits per heavy atom. The highest BCUT2D eigenvalue weighted by Crippen LogP contribution is 2.25. The zero-order chi connectivity index (χ0) is 19.3. The van der Waals surface area contributed by atoms with Gasteiger partial charge in [-0.15, -0.1) is 0 Å². The third kappa shape index (κ3) is 4.25. The molecule has 1 aliphatic rings. The summed E-state index contributed by atoms with van der Waals surface area (Å²) in [6, 6.07) is 10.3. The highest BCUT2D eigenvalue weighted by Gasteiger charge is 2.18. The molecule has 6 nitrogen and oxygen atoms in total. The Morgan fingerprint density at radius 2 is 2.07 bits per heavy atom. The maximum atomic E-state index is 12.6. The van der Waals surface area contributed by atoms with Crippen molar-refractivity contribution in [3.8, 4) is 11.4 Å². The predicted octanol–water partition coefficient (Wildman–Crippen LogP) is 3.99. The largest absolute Gasteiger partial charge is 0.371 e. The molecule has 1 aromatic carbocycles. The fourth-order valence-corrected chi connectivity index (χ4v) is 4.16. The van der Waals surface area contributed by atoms with Gasteiger partial charge in [-0.1, -0.05) is 23.4 Å². The van der Waals surface area contributed by atoms with Crippen LogP contribution in [0.5, 0.6) is 0 Å². The summed E-state index contributed by atoms with van der Waals surface area (Å²) in [4.78, 5) is 21.2. The minimum absolute atomic E-state index is 0.0755. The van der Waals surface area contributed by atoms with E-state index in [1.165, 1.54) is 24.1 Å². The lowest BCUT2D eigenvalue weighted by Crippen LogP contribution is -2.28. The second kappa shape index (κ2) is 8.56. The number of thiophene rings is 1. The predicted molar refractivity (Wildman–Crippen MR) is 110 cm³/mol. The molecule has 0 bridgehead atoms. The van der Waals surface area contributed by atoms with Crippen molar-refractivity contribution in [1.82, 2.24) is 15.0 Å². The van der Waals surface area contributed by atoms with Gasteiger partial charge in [-0.3, -0.25) is 4.79 Å². The molecule has 2 aromatic heterocycles. The van der Waals surface area contributed by atoms with Crippen molar-refractivity contribution in [3.63, 3.8) is 0 Å². The summed E-state index contributed by atoms with van der Waals surface area (Å²) in [7, 11) is 1.85. The molecular weight excluding hydrogens is 372 g/mol. The average molecular weight is 397 g/mol. The molecule has 146 valence electrons. The first-order valence-electron chi connectivity index (χ1n) is 9.62. The molecule has 7 heteroatoms. The van der Waals surface area contributed by atoms with E-state index < -0.39 is 0 Å². The lowest BCUT2D eigenvalue weighted by Gasteiger charge is -2.24. The first-order chi connectivity index (χ1) is 13.7. The topological polar surface area (TPSA) is 62.5 Å². The van der Waals surface area contributed by atoms with E-state index in [1.54, 1.807) is 16.2 Å². The van der Waals surface area contributed by atoms with Crippen LogP contribution in [-0.2, 0) is 17.8 Å². The third-order valence-corrected chi connectivity index (χ3v) is 5.76. The average Bonchev–Trinajstić information content (AvgIpc) is 3.48. The van der Waals surface area contributed by atoms with Crippen LogP contribution in [0.3, 0.4) is 0 Å². The Balaban J connectivity index is 1.34. The highest BCUT2D eigenvalue weighted by molar-refractivity contribution is 7.08. The first-order valence-corrected chi connectivity index (χ1v) is 10.6. The van der Waals surface area contributed by atoms with E-state index in [-0.39, 0.29) is 5.91 Å². The van der Waals surface area contributed by atoms with Crippen LogP contribution in [0, 0.1) is 0 Å². The quantitative estimate of drug-likeness (QED) is 0.604. The summed E-state index contributed by atoms with van der Waals surface area (Å²) in [5.41, 5.74) is 3.39. The van der Waals surface area contributed by atoms with Crippen LogP contribution in [-0.4, -0.2) is 41.1 Å². The lowest BCUT2D eigenvalue weighted by atomic mass is 10.1. The van der Waals surface area contributed by atoms with Crippen molar-refractivity contribution in [2.45, 2.75) is 32.2 Å². The number of carbonyl (C=O) groups is 1. The zero-order valence-corrected chi connectivity index (χ0v) is 16.8. The van der Waals surface area contributed by atoms with Gasteiger partial charge in [-0.2, -0.15) is 16.3 Å². The monoisotopic (exact) mass is 396 g/mol. The Morgan fingerprint density at radius 1 is 1.25 bits per heavy atom. The summed E-state index contributed by atoms with van der Waals surface area (Å²) in [6.07, 6.45) is 3.28. The van der Waals surface area contributed by atoms with Crippen molar-refractivity contribution in [1.29, 1.82) is 0 Å². The van der Waals surface area contributed by atoms with Crippen molar-refractivity contribution < 1.29 is 9.32 Å². The third-order valence-electron chi connectivity index (χ3n) is 5.07. The number of aryl methyl sites for hydroxylation is 1. The summed E-state index contributed by atoms with van der Waals surface area (Å²) in [5.74, 6) is 1.16. The lowest BCUT2D eigenvalue weighted by molar-refractivity contribution is -0.130. The number of anilines is 1. The summed E-state index contributed by atoms with van der Waals surface area (Å²) in [5, 5.41) is 7.95. The molecule has 3 heterocycles. The molecule has 3 aromatic rings. The van der Waals surface area contributed by atoms with Gasteiger partial charge in [0.15, 0.2) is 0 Å². The standard InChI is InChI=1S/C21H24N4O2S/c1-24(14-16-6-2-3-7-18(16)25-11-4-5-12-25)20(26)9-8-19-22-21(23-27-19)17-10-13-28-15-17/h2-3,6-7,10,13,15H,4-5,8-9,11-12,14H2,1H3. The van der Waals surface area contributed by atoms with Crippen LogP contribution in [0.4, 0.5) is 5.69 Å². The van der Waals surface area contributed by atoms with Crippen LogP contribution >= 0.6 is 11.3 Å². The van der Waals surface area contributed by atoms with Crippen LogP contribution in [0.1, 0.15) is 30.7 Å². The number of amides is 1. The van der Waals surface area contributed by atoms with Crippen molar-refractivity contribution >= 4 is 22.9 Å². The molecule has 28 heavy (non-hydrogen) atoms. The Kier molecular flexibility index (Phi) is 5.71. The molecule has 0 unspecified atom stereocenters. The summed E-state index contributed by atoms with van der Waals surface area (Å²) < 4.78 is 5.29. The second-order valence-electron chi connectivity index (χ2n) is 7.10. The molecule has 0 aliphatic carbocycles. The molecule has 1 saturated heterocycles. The number of nitrogens with zero attached hydrogens (tertiary/aromatic N) is 4. The SMILES string of the molecule is CN(Cc1ccccc1N1CCCC1)C(=O)CCc1nc(-c2ccsc2)no1.